The van der Waals surface area contributed by atoms with Gasteiger partial charge in [-0.15, -0.1) is 11.8 Å². The molecule has 0 fully saturated rings. The van der Waals surface area contributed by atoms with Gasteiger partial charge in [0.2, 0.25) is 11.8 Å². The fourth-order valence-corrected chi connectivity index (χ4v) is 2.42. The number of nitrogens with one attached hydrogen (secondary N) is 2. The third-order valence-electron chi connectivity index (χ3n) is 2.67. The summed E-state index contributed by atoms with van der Waals surface area (Å²) in [4.78, 5) is 24.3. The van der Waals surface area contributed by atoms with Crippen LogP contribution in [0.25, 0.3) is 0 Å². The van der Waals surface area contributed by atoms with E-state index in [9.17, 15) is 14.0 Å². The number of carbonyl (C=O) groups is 2. The van der Waals surface area contributed by atoms with Crippen LogP contribution in [0.5, 0.6) is 0 Å². The highest BCUT2D eigenvalue weighted by atomic mass is 32.2. The van der Waals surface area contributed by atoms with E-state index in [0.29, 0.717) is 5.69 Å². The molecule has 0 bridgehead atoms. The lowest BCUT2D eigenvalue weighted by Gasteiger charge is -2.07. The van der Waals surface area contributed by atoms with Gasteiger partial charge in [0.15, 0.2) is 0 Å². The zero-order valence-corrected chi connectivity index (χ0v) is 12.5. The van der Waals surface area contributed by atoms with Crippen molar-refractivity contribution in [3.05, 3.63) is 60.4 Å². The summed E-state index contributed by atoms with van der Waals surface area (Å²) in [6, 6.07) is 15.1. The Labute approximate surface area is 132 Å². The average Bonchev–Trinajstić information content (AvgIpc) is 2.52. The number of rotatable bonds is 6. The first-order valence-electron chi connectivity index (χ1n) is 6.63. The summed E-state index contributed by atoms with van der Waals surface area (Å²) in [6.07, 6.45) is 0. The molecule has 0 heterocycles. The molecule has 2 aromatic carbocycles. The molecule has 114 valence electrons. The minimum absolute atomic E-state index is 0.148. The molecule has 22 heavy (non-hydrogen) atoms. The van der Waals surface area contributed by atoms with E-state index in [1.165, 1.54) is 30.0 Å². The number of carbonyl (C=O) groups excluding carboxylic acids is 2. The van der Waals surface area contributed by atoms with Gasteiger partial charge in [-0.3, -0.25) is 9.59 Å². The minimum Gasteiger partial charge on any atom is -0.346 e. The lowest BCUT2D eigenvalue weighted by atomic mass is 10.3. The second-order valence-electron chi connectivity index (χ2n) is 4.44. The Morgan fingerprint density at radius 2 is 1.77 bits per heavy atom. The van der Waals surface area contributed by atoms with E-state index < -0.39 is 11.7 Å². The van der Waals surface area contributed by atoms with E-state index in [1.807, 2.05) is 30.3 Å². The fraction of sp³-hybridized carbons (Fsp3) is 0.125. The van der Waals surface area contributed by atoms with Gasteiger partial charge in [0.1, 0.15) is 5.82 Å². The molecule has 2 aromatic rings. The molecule has 2 amide bonds. The molecule has 0 spiro atoms. The monoisotopic (exact) mass is 318 g/mol. The molecule has 2 rings (SSSR count). The molecule has 0 saturated carbocycles. The summed E-state index contributed by atoms with van der Waals surface area (Å²) < 4.78 is 13.0. The van der Waals surface area contributed by atoms with Crippen LogP contribution in [-0.2, 0) is 9.59 Å². The standard InChI is InChI=1S/C16H15FN2O2S/c17-12-5-4-6-13(9-12)19-15(20)10-18-16(21)11-22-14-7-2-1-3-8-14/h1-9H,10-11H2,(H,18,21)(H,19,20). The van der Waals surface area contributed by atoms with Gasteiger partial charge in [0.25, 0.3) is 0 Å². The van der Waals surface area contributed by atoms with Crippen LogP contribution in [-0.4, -0.2) is 24.1 Å². The molecule has 0 unspecified atom stereocenters. The van der Waals surface area contributed by atoms with E-state index in [1.54, 1.807) is 6.07 Å². The van der Waals surface area contributed by atoms with E-state index in [0.717, 1.165) is 4.90 Å². The van der Waals surface area contributed by atoms with Crippen molar-refractivity contribution in [2.24, 2.45) is 0 Å². The van der Waals surface area contributed by atoms with Crippen LogP contribution in [0.2, 0.25) is 0 Å². The molecule has 0 aliphatic carbocycles. The van der Waals surface area contributed by atoms with Crippen molar-refractivity contribution >= 4 is 29.3 Å². The third-order valence-corrected chi connectivity index (χ3v) is 3.68. The molecule has 0 atom stereocenters. The molecule has 0 radical (unpaired) electrons. The Morgan fingerprint density at radius 1 is 1.00 bits per heavy atom. The Bertz CT molecular complexity index is 650. The van der Waals surface area contributed by atoms with Gasteiger partial charge in [0.05, 0.1) is 12.3 Å². The van der Waals surface area contributed by atoms with Crippen LogP contribution in [0.3, 0.4) is 0 Å². The first-order valence-corrected chi connectivity index (χ1v) is 7.62. The van der Waals surface area contributed by atoms with Gasteiger partial charge in [0, 0.05) is 10.6 Å². The smallest absolute Gasteiger partial charge is 0.243 e. The number of anilines is 1. The lowest BCUT2D eigenvalue weighted by Crippen LogP contribution is -2.33. The summed E-state index contributed by atoms with van der Waals surface area (Å²) in [5.74, 6) is -0.829. The highest BCUT2D eigenvalue weighted by Crippen LogP contribution is 2.16. The van der Waals surface area contributed by atoms with Crippen LogP contribution in [0.4, 0.5) is 10.1 Å². The van der Waals surface area contributed by atoms with E-state index in [4.69, 9.17) is 0 Å². The van der Waals surface area contributed by atoms with Gasteiger partial charge < -0.3 is 10.6 Å². The fourth-order valence-electron chi connectivity index (χ4n) is 1.67. The highest BCUT2D eigenvalue weighted by Gasteiger charge is 2.07. The number of halogens is 1. The van der Waals surface area contributed by atoms with Crippen molar-refractivity contribution in [3.8, 4) is 0 Å². The molecule has 2 N–H and O–H groups in total. The van der Waals surface area contributed by atoms with Gasteiger partial charge in [-0.25, -0.2) is 4.39 Å². The molecule has 0 aromatic heterocycles. The number of hydrogen-bond acceptors (Lipinski definition) is 3. The van der Waals surface area contributed by atoms with Crippen molar-refractivity contribution < 1.29 is 14.0 Å². The Kier molecular flexibility index (Phi) is 5.97. The maximum Gasteiger partial charge on any atom is 0.243 e. The van der Waals surface area contributed by atoms with E-state index >= 15 is 0 Å². The highest BCUT2D eigenvalue weighted by molar-refractivity contribution is 8.00. The van der Waals surface area contributed by atoms with Crippen LogP contribution in [0.15, 0.2) is 59.5 Å². The number of hydrogen-bond donors (Lipinski definition) is 2. The summed E-state index contributed by atoms with van der Waals surface area (Å²) in [5, 5.41) is 5.03. The summed E-state index contributed by atoms with van der Waals surface area (Å²) in [5.41, 5.74) is 0.359. The number of amides is 2. The van der Waals surface area contributed by atoms with Crippen LogP contribution < -0.4 is 10.6 Å². The number of benzene rings is 2. The van der Waals surface area contributed by atoms with Gasteiger partial charge in [-0.2, -0.15) is 0 Å². The topological polar surface area (TPSA) is 58.2 Å². The van der Waals surface area contributed by atoms with E-state index in [-0.39, 0.29) is 18.2 Å². The summed E-state index contributed by atoms with van der Waals surface area (Å²) >= 11 is 1.39. The van der Waals surface area contributed by atoms with Crippen LogP contribution >= 0.6 is 11.8 Å². The quantitative estimate of drug-likeness (QED) is 0.805. The molecule has 6 heteroatoms. The molecular weight excluding hydrogens is 303 g/mol. The average molecular weight is 318 g/mol. The molecule has 0 aliphatic heterocycles. The van der Waals surface area contributed by atoms with Gasteiger partial charge in [-0.1, -0.05) is 24.3 Å². The van der Waals surface area contributed by atoms with Crippen molar-refractivity contribution in [2.45, 2.75) is 4.90 Å². The lowest BCUT2D eigenvalue weighted by molar-refractivity contribution is -0.122. The Hall–Kier alpha value is -2.34. The van der Waals surface area contributed by atoms with Crippen molar-refractivity contribution in [3.63, 3.8) is 0 Å². The third kappa shape index (κ3) is 5.57. The molecule has 4 nitrogen and oxygen atoms in total. The number of thioether (sulfide) groups is 1. The zero-order chi connectivity index (χ0) is 15.8. The second kappa shape index (κ2) is 8.19. The van der Waals surface area contributed by atoms with Crippen molar-refractivity contribution in [2.75, 3.05) is 17.6 Å². The predicted octanol–water partition coefficient (Wildman–Crippen LogP) is 2.67. The second-order valence-corrected chi connectivity index (χ2v) is 5.49. The molecule has 0 aliphatic rings. The van der Waals surface area contributed by atoms with Crippen LogP contribution in [0.1, 0.15) is 0 Å². The van der Waals surface area contributed by atoms with Gasteiger partial charge >= 0.3 is 0 Å². The molecular formula is C16H15FN2O2S. The maximum absolute atomic E-state index is 13.0. The SMILES string of the molecule is O=C(CSc1ccccc1)NCC(=O)Nc1cccc(F)c1. The van der Waals surface area contributed by atoms with Gasteiger partial charge in [-0.05, 0) is 30.3 Å². The maximum atomic E-state index is 13.0. The summed E-state index contributed by atoms with van der Waals surface area (Å²) in [7, 11) is 0. The first-order chi connectivity index (χ1) is 10.6. The summed E-state index contributed by atoms with van der Waals surface area (Å²) in [6.45, 7) is -0.148. The zero-order valence-electron chi connectivity index (χ0n) is 11.7. The van der Waals surface area contributed by atoms with Crippen LogP contribution in [0, 0.1) is 5.82 Å². The largest absolute Gasteiger partial charge is 0.346 e. The Balaban J connectivity index is 1.70. The first kappa shape index (κ1) is 16.0. The normalized spacial score (nSPS) is 10.0. The molecule has 0 saturated heterocycles. The minimum atomic E-state index is -0.430. The predicted molar refractivity (Wildman–Crippen MR) is 85.2 cm³/mol. The Morgan fingerprint density at radius 3 is 2.50 bits per heavy atom. The van der Waals surface area contributed by atoms with Crippen molar-refractivity contribution in [1.29, 1.82) is 0 Å². The van der Waals surface area contributed by atoms with E-state index in [2.05, 4.69) is 10.6 Å². The van der Waals surface area contributed by atoms with Crippen molar-refractivity contribution in [1.82, 2.24) is 5.32 Å².